The Morgan fingerprint density at radius 2 is 1.93 bits per heavy atom. The zero-order chi connectivity index (χ0) is 10.7. The van der Waals surface area contributed by atoms with Gasteiger partial charge < -0.3 is 14.9 Å². The fourth-order valence-corrected chi connectivity index (χ4v) is 1.35. The number of furan rings is 1. The minimum Gasteiger partial charge on any atom is -0.464 e. The lowest BCUT2D eigenvalue weighted by atomic mass is 10.1. The summed E-state index contributed by atoms with van der Waals surface area (Å²) in [5.74, 6) is 1.70. The number of hydrogen-bond donors (Lipinski definition) is 1. The van der Waals surface area contributed by atoms with Crippen molar-refractivity contribution in [2.75, 3.05) is 0 Å². The van der Waals surface area contributed by atoms with Crippen LogP contribution < -0.4 is 5.73 Å². The fourth-order valence-electron chi connectivity index (χ4n) is 1.35. The molecule has 14 heavy (non-hydrogen) atoms. The van der Waals surface area contributed by atoms with Crippen molar-refractivity contribution in [1.29, 1.82) is 0 Å². The van der Waals surface area contributed by atoms with Gasteiger partial charge in [0.25, 0.3) is 0 Å². The van der Waals surface area contributed by atoms with E-state index in [1.54, 1.807) is 0 Å². The standard InChI is InChI=1S/C11H19NO2/c1-7(2)13-11(9(4)12)10-6-5-8(3)14-10/h5-7,9,11H,12H2,1-4H3. The molecular formula is C11H19NO2. The second kappa shape index (κ2) is 4.62. The molecule has 0 aliphatic rings. The molecule has 0 amide bonds. The van der Waals surface area contributed by atoms with E-state index in [0.29, 0.717) is 0 Å². The summed E-state index contributed by atoms with van der Waals surface area (Å²) in [5, 5.41) is 0. The molecule has 0 fully saturated rings. The Bertz CT molecular complexity index is 279. The van der Waals surface area contributed by atoms with Crippen LogP contribution in [0.25, 0.3) is 0 Å². The van der Waals surface area contributed by atoms with Gasteiger partial charge in [0.2, 0.25) is 0 Å². The van der Waals surface area contributed by atoms with Crippen LogP contribution in [0.2, 0.25) is 0 Å². The highest BCUT2D eigenvalue weighted by Crippen LogP contribution is 2.23. The molecule has 0 spiro atoms. The van der Waals surface area contributed by atoms with Crippen LogP contribution in [0.5, 0.6) is 0 Å². The number of rotatable bonds is 4. The maximum atomic E-state index is 5.84. The third kappa shape index (κ3) is 2.86. The Morgan fingerprint density at radius 3 is 2.29 bits per heavy atom. The van der Waals surface area contributed by atoms with E-state index in [0.717, 1.165) is 11.5 Å². The monoisotopic (exact) mass is 197 g/mol. The molecule has 1 heterocycles. The smallest absolute Gasteiger partial charge is 0.134 e. The third-order valence-electron chi connectivity index (χ3n) is 1.94. The third-order valence-corrected chi connectivity index (χ3v) is 1.94. The normalized spacial score (nSPS) is 15.9. The number of aryl methyl sites for hydroxylation is 1. The highest BCUT2D eigenvalue weighted by Gasteiger charge is 2.21. The van der Waals surface area contributed by atoms with Crippen molar-refractivity contribution in [1.82, 2.24) is 0 Å². The summed E-state index contributed by atoms with van der Waals surface area (Å²) in [4.78, 5) is 0. The highest BCUT2D eigenvalue weighted by molar-refractivity contribution is 5.09. The lowest BCUT2D eigenvalue weighted by Crippen LogP contribution is -2.28. The maximum absolute atomic E-state index is 5.84. The zero-order valence-electron chi connectivity index (χ0n) is 9.28. The number of nitrogens with two attached hydrogens (primary N) is 1. The SMILES string of the molecule is Cc1ccc(C(OC(C)C)C(C)N)o1. The van der Waals surface area contributed by atoms with Gasteiger partial charge in [-0.2, -0.15) is 0 Å². The Labute approximate surface area is 85.2 Å². The van der Waals surface area contributed by atoms with Gasteiger partial charge in [0.1, 0.15) is 17.6 Å². The Morgan fingerprint density at radius 1 is 1.29 bits per heavy atom. The van der Waals surface area contributed by atoms with Crippen LogP contribution in [0, 0.1) is 6.92 Å². The quantitative estimate of drug-likeness (QED) is 0.806. The van der Waals surface area contributed by atoms with Gasteiger partial charge in [0, 0.05) is 6.04 Å². The predicted octanol–water partition coefficient (Wildman–Crippen LogP) is 2.40. The van der Waals surface area contributed by atoms with Crippen molar-refractivity contribution in [3.8, 4) is 0 Å². The highest BCUT2D eigenvalue weighted by atomic mass is 16.5. The Hall–Kier alpha value is -0.800. The number of ether oxygens (including phenoxy) is 1. The minimum atomic E-state index is -0.149. The lowest BCUT2D eigenvalue weighted by Gasteiger charge is -2.21. The summed E-state index contributed by atoms with van der Waals surface area (Å²) in [6.07, 6.45) is 0.0000983. The molecule has 0 aliphatic heterocycles. The zero-order valence-corrected chi connectivity index (χ0v) is 9.28. The van der Waals surface area contributed by atoms with Gasteiger partial charge in [-0.05, 0) is 39.8 Å². The van der Waals surface area contributed by atoms with Gasteiger partial charge in [-0.1, -0.05) is 0 Å². The lowest BCUT2D eigenvalue weighted by molar-refractivity contribution is -0.0173. The van der Waals surface area contributed by atoms with Gasteiger partial charge in [-0.15, -0.1) is 0 Å². The Balaban J connectivity index is 2.77. The van der Waals surface area contributed by atoms with Crippen molar-refractivity contribution in [3.05, 3.63) is 23.7 Å². The summed E-state index contributed by atoms with van der Waals surface area (Å²) in [6.45, 7) is 7.82. The molecule has 0 aromatic carbocycles. The topological polar surface area (TPSA) is 48.4 Å². The minimum absolute atomic E-state index is 0.0667. The van der Waals surface area contributed by atoms with Crippen LogP contribution in [0.3, 0.4) is 0 Å². The molecule has 0 radical (unpaired) electrons. The fraction of sp³-hybridized carbons (Fsp3) is 0.636. The van der Waals surface area contributed by atoms with E-state index >= 15 is 0 Å². The molecule has 2 N–H and O–H groups in total. The van der Waals surface area contributed by atoms with Crippen molar-refractivity contribution >= 4 is 0 Å². The summed E-state index contributed by atoms with van der Waals surface area (Å²) < 4.78 is 11.2. The van der Waals surface area contributed by atoms with Crippen LogP contribution >= 0.6 is 0 Å². The van der Waals surface area contributed by atoms with Gasteiger partial charge in [-0.25, -0.2) is 0 Å². The van der Waals surface area contributed by atoms with Crippen molar-refractivity contribution in [2.45, 2.75) is 45.9 Å². The van der Waals surface area contributed by atoms with E-state index < -0.39 is 0 Å². The van der Waals surface area contributed by atoms with Gasteiger partial charge >= 0.3 is 0 Å². The molecule has 0 aliphatic carbocycles. The van der Waals surface area contributed by atoms with E-state index in [1.165, 1.54) is 0 Å². The first-order chi connectivity index (χ1) is 6.50. The molecule has 0 saturated heterocycles. The van der Waals surface area contributed by atoms with Crippen molar-refractivity contribution in [2.24, 2.45) is 5.73 Å². The molecule has 0 saturated carbocycles. The summed E-state index contributed by atoms with van der Waals surface area (Å²) in [6, 6.07) is 3.78. The molecule has 1 rings (SSSR count). The van der Waals surface area contributed by atoms with Crippen molar-refractivity contribution in [3.63, 3.8) is 0 Å². The van der Waals surface area contributed by atoms with E-state index in [4.69, 9.17) is 14.9 Å². The van der Waals surface area contributed by atoms with Crippen LogP contribution in [0.15, 0.2) is 16.5 Å². The largest absolute Gasteiger partial charge is 0.464 e. The summed E-state index contributed by atoms with van der Waals surface area (Å²) in [7, 11) is 0. The van der Waals surface area contributed by atoms with E-state index in [1.807, 2.05) is 39.8 Å². The molecule has 80 valence electrons. The molecule has 1 aromatic rings. The van der Waals surface area contributed by atoms with Crippen LogP contribution in [0.1, 0.15) is 38.4 Å². The molecule has 3 nitrogen and oxygen atoms in total. The molecule has 2 unspecified atom stereocenters. The second-order valence-electron chi connectivity index (χ2n) is 3.91. The van der Waals surface area contributed by atoms with Crippen LogP contribution in [-0.4, -0.2) is 12.1 Å². The van der Waals surface area contributed by atoms with E-state index in [-0.39, 0.29) is 18.2 Å². The molecular weight excluding hydrogens is 178 g/mol. The average Bonchev–Trinajstić information content (AvgIpc) is 2.46. The molecule has 3 heteroatoms. The van der Waals surface area contributed by atoms with Crippen LogP contribution in [-0.2, 0) is 4.74 Å². The van der Waals surface area contributed by atoms with Gasteiger partial charge in [0.15, 0.2) is 0 Å². The van der Waals surface area contributed by atoms with Crippen molar-refractivity contribution < 1.29 is 9.15 Å². The second-order valence-corrected chi connectivity index (χ2v) is 3.91. The van der Waals surface area contributed by atoms with Crippen LogP contribution in [0.4, 0.5) is 0 Å². The van der Waals surface area contributed by atoms with Gasteiger partial charge in [-0.3, -0.25) is 0 Å². The predicted molar refractivity (Wildman–Crippen MR) is 56.1 cm³/mol. The number of hydrogen-bond acceptors (Lipinski definition) is 3. The first-order valence-corrected chi connectivity index (χ1v) is 4.98. The summed E-state index contributed by atoms with van der Waals surface area (Å²) in [5.41, 5.74) is 5.84. The van der Waals surface area contributed by atoms with E-state index in [9.17, 15) is 0 Å². The average molecular weight is 197 g/mol. The molecule has 1 aromatic heterocycles. The van der Waals surface area contributed by atoms with Gasteiger partial charge in [0.05, 0.1) is 6.10 Å². The molecule has 0 bridgehead atoms. The first kappa shape index (κ1) is 11.3. The first-order valence-electron chi connectivity index (χ1n) is 4.98. The Kier molecular flexibility index (Phi) is 3.72. The summed E-state index contributed by atoms with van der Waals surface area (Å²) >= 11 is 0. The molecule has 2 atom stereocenters. The maximum Gasteiger partial charge on any atom is 0.134 e. The van der Waals surface area contributed by atoms with E-state index in [2.05, 4.69) is 0 Å².